The van der Waals surface area contributed by atoms with Gasteiger partial charge in [-0.25, -0.2) is 4.79 Å². The molecule has 0 aromatic heterocycles. The van der Waals surface area contributed by atoms with Crippen molar-refractivity contribution in [3.05, 3.63) is 59.7 Å². The van der Waals surface area contributed by atoms with E-state index in [-0.39, 0.29) is 38.0 Å². The Hall–Kier alpha value is -3.39. The Bertz CT molecular complexity index is 1020. The lowest BCUT2D eigenvalue weighted by Crippen LogP contribution is -2.59. The summed E-state index contributed by atoms with van der Waals surface area (Å²) in [6, 6.07) is 16.1. The van der Waals surface area contributed by atoms with Crippen molar-refractivity contribution >= 4 is 18.0 Å². The van der Waals surface area contributed by atoms with Gasteiger partial charge in [0.25, 0.3) is 0 Å². The molecule has 33 heavy (non-hydrogen) atoms. The highest BCUT2D eigenvalue weighted by Crippen LogP contribution is 2.44. The monoisotopic (exact) mass is 452 g/mol. The van der Waals surface area contributed by atoms with E-state index in [4.69, 9.17) is 14.6 Å². The predicted octanol–water partition coefficient (Wildman–Crippen LogP) is 3.01. The topological polar surface area (TPSA) is 105 Å². The molecule has 2 aromatic carbocycles. The summed E-state index contributed by atoms with van der Waals surface area (Å²) in [4.78, 5) is 38.1. The molecule has 2 N–H and O–H groups in total. The maximum Gasteiger partial charge on any atom is 0.408 e. The smallest absolute Gasteiger partial charge is 0.408 e. The summed E-state index contributed by atoms with van der Waals surface area (Å²) in [5.41, 5.74) is 3.29. The van der Waals surface area contributed by atoms with E-state index in [0.29, 0.717) is 6.54 Å². The SMILES string of the molecule is CC(C)(NC(=O)OCC1c2ccccc2-c2ccccc21)C(=O)N1CCOC(CC(=O)O)C1. The number of carboxylic acid groups (broad SMARTS) is 1. The number of rotatable bonds is 6. The number of hydrogen-bond donors (Lipinski definition) is 2. The third-order valence-corrected chi connectivity index (χ3v) is 6.12. The van der Waals surface area contributed by atoms with Crippen molar-refractivity contribution in [2.45, 2.75) is 37.8 Å². The lowest BCUT2D eigenvalue weighted by molar-refractivity contribution is -0.150. The molecule has 1 unspecified atom stereocenters. The number of benzene rings is 2. The fourth-order valence-electron chi connectivity index (χ4n) is 4.56. The first kappa shape index (κ1) is 22.8. The van der Waals surface area contributed by atoms with Crippen LogP contribution in [0.2, 0.25) is 0 Å². The number of aliphatic carboxylic acids is 1. The summed E-state index contributed by atoms with van der Waals surface area (Å²) < 4.78 is 11.0. The first-order valence-electron chi connectivity index (χ1n) is 11.0. The second-order valence-electron chi connectivity index (χ2n) is 8.92. The van der Waals surface area contributed by atoms with E-state index in [9.17, 15) is 14.4 Å². The lowest BCUT2D eigenvalue weighted by atomic mass is 9.98. The molecule has 8 heteroatoms. The van der Waals surface area contributed by atoms with Crippen molar-refractivity contribution in [2.75, 3.05) is 26.3 Å². The molecule has 1 saturated heterocycles. The lowest BCUT2D eigenvalue weighted by Gasteiger charge is -2.37. The highest BCUT2D eigenvalue weighted by molar-refractivity contribution is 5.89. The van der Waals surface area contributed by atoms with Gasteiger partial charge in [-0.2, -0.15) is 0 Å². The number of carboxylic acids is 1. The van der Waals surface area contributed by atoms with Gasteiger partial charge < -0.3 is 24.8 Å². The number of ether oxygens (including phenoxy) is 2. The number of carbonyl (C=O) groups is 3. The van der Waals surface area contributed by atoms with E-state index in [2.05, 4.69) is 17.4 Å². The largest absolute Gasteiger partial charge is 0.481 e. The summed E-state index contributed by atoms with van der Waals surface area (Å²) in [6.07, 6.45) is -1.42. The Morgan fingerprint density at radius 3 is 2.30 bits per heavy atom. The Kier molecular flexibility index (Phi) is 6.37. The van der Waals surface area contributed by atoms with E-state index in [1.165, 1.54) is 4.90 Å². The van der Waals surface area contributed by atoms with E-state index in [0.717, 1.165) is 22.3 Å². The minimum Gasteiger partial charge on any atom is -0.481 e. The van der Waals surface area contributed by atoms with E-state index >= 15 is 0 Å². The van der Waals surface area contributed by atoms with Gasteiger partial charge in [0, 0.05) is 19.0 Å². The number of amides is 2. The minimum atomic E-state index is -1.21. The summed E-state index contributed by atoms with van der Waals surface area (Å²) in [5.74, 6) is -1.36. The zero-order chi connectivity index (χ0) is 23.6. The van der Waals surface area contributed by atoms with Gasteiger partial charge in [0.15, 0.2) is 0 Å². The fourth-order valence-corrected chi connectivity index (χ4v) is 4.56. The minimum absolute atomic E-state index is 0.0713. The molecule has 2 aliphatic rings. The van der Waals surface area contributed by atoms with Gasteiger partial charge >= 0.3 is 12.1 Å². The molecule has 0 bridgehead atoms. The molecule has 1 atom stereocenters. The zero-order valence-corrected chi connectivity index (χ0v) is 18.7. The molecule has 0 saturated carbocycles. The number of nitrogens with one attached hydrogen (secondary N) is 1. The quantitative estimate of drug-likeness (QED) is 0.698. The third kappa shape index (κ3) is 4.85. The molecule has 1 aliphatic carbocycles. The molecule has 1 fully saturated rings. The molecular weight excluding hydrogens is 424 g/mol. The van der Waals surface area contributed by atoms with Gasteiger partial charge in [-0.1, -0.05) is 48.5 Å². The first-order chi connectivity index (χ1) is 15.8. The average molecular weight is 453 g/mol. The van der Waals surface area contributed by atoms with Crippen LogP contribution in [0.3, 0.4) is 0 Å². The van der Waals surface area contributed by atoms with Crippen LogP contribution < -0.4 is 5.32 Å². The van der Waals surface area contributed by atoms with E-state index < -0.39 is 23.7 Å². The summed E-state index contributed by atoms with van der Waals surface area (Å²) in [6.45, 7) is 4.13. The molecule has 8 nitrogen and oxygen atoms in total. The van der Waals surface area contributed by atoms with Crippen LogP contribution in [0.4, 0.5) is 4.79 Å². The molecule has 2 amide bonds. The number of fused-ring (bicyclic) bond motifs is 3. The Labute approximate surface area is 192 Å². The van der Waals surface area contributed by atoms with Crippen molar-refractivity contribution in [2.24, 2.45) is 0 Å². The molecule has 2 aromatic rings. The van der Waals surface area contributed by atoms with Crippen LogP contribution in [0.5, 0.6) is 0 Å². The van der Waals surface area contributed by atoms with Gasteiger partial charge in [-0.05, 0) is 36.1 Å². The summed E-state index contributed by atoms with van der Waals surface area (Å²) >= 11 is 0. The van der Waals surface area contributed by atoms with E-state index in [1.807, 2.05) is 36.4 Å². The molecular formula is C25H28N2O6. The highest BCUT2D eigenvalue weighted by Gasteiger charge is 2.37. The first-order valence-corrected chi connectivity index (χ1v) is 11.0. The molecule has 1 aliphatic heterocycles. The fraction of sp³-hybridized carbons (Fsp3) is 0.400. The number of alkyl carbamates (subject to hydrolysis) is 1. The van der Waals surface area contributed by atoms with Crippen molar-refractivity contribution in [1.82, 2.24) is 10.2 Å². The number of carbonyl (C=O) groups excluding carboxylic acids is 2. The van der Waals surface area contributed by atoms with Crippen LogP contribution in [0, 0.1) is 0 Å². The zero-order valence-electron chi connectivity index (χ0n) is 18.7. The maximum atomic E-state index is 13.0. The second-order valence-corrected chi connectivity index (χ2v) is 8.92. The van der Waals surface area contributed by atoms with Crippen molar-refractivity contribution in [3.8, 4) is 11.1 Å². The van der Waals surface area contributed by atoms with Gasteiger partial charge in [-0.3, -0.25) is 9.59 Å². The van der Waals surface area contributed by atoms with Crippen molar-refractivity contribution in [3.63, 3.8) is 0 Å². The van der Waals surface area contributed by atoms with Gasteiger partial charge in [0.2, 0.25) is 5.91 Å². The maximum absolute atomic E-state index is 13.0. The molecule has 1 heterocycles. The number of nitrogens with zero attached hydrogens (tertiary/aromatic N) is 1. The predicted molar refractivity (Wildman–Crippen MR) is 121 cm³/mol. The van der Waals surface area contributed by atoms with Gasteiger partial charge in [0.05, 0.1) is 19.1 Å². The Morgan fingerprint density at radius 1 is 1.09 bits per heavy atom. The highest BCUT2D eigenvalue weighted by atomic mass is 16.5. The van der Waals surface area contributed by atoms with Crippen LogP contribution in [0.25, 0.3) is 11.1 Å². The van der Waals surface area contributed by atoms with Crippen LogP contribution >= 0.6 is 0 Å². The molecule has 4 rings (SSSR count). The van der Waals surface area contributed by atoms with Crippen LogP contribution in [-0.4, -0.2) is 65.9 Å². The van der Waals surface area contributed by atoms with Crippen molar-refractivity contribution in [1.29, 1.82) is 0 Å². The van der Waals surface area contributed by atoms with Crippen molar-refractivity contribution < 1.29 is 29.0 Å². The average Bonchev–Trinajstić information content (AvgIpc) is 3.10. The van der Waals surface area contributed by atoms with E-state index in [1.54, 1.807) is 13.8 Å². The normalized spacial score (nSPS) is 17.8. The Balaban J connectivity index is 1.37. The van der Waals surface area contributed by atoms with Crippen LogP contribution in [-0.2, 0) is 19.1 Å². The summed E-state index contributed by atoms with van der Waals surface area (Å²) in [5, 5.41) is 11.7. The molecule has 0 spiro atoms. The third-order valence-electron chi connectivity index (χ3n) is 6.12. The molecule has 0 radical (unpaired) electrons. The van der Waals surface area contributed by atoms with Gasteiger partial charge in [0.1, 0.15) is 12.1 Å². The standard InChI is InChI=1S/C25H28N2O6/c1-25(2,23(30)27-11-12-32-16(14-27)13-22(28)29)26-24(31)33-15-21-19-9-5-3-7-17(19)18-8-4-6-10-20(18)21/h3-10,16,21H,11-15H2,1-2H3,(H,26,31)(H,28,29). The van der Waals surface area contributed by atoms with Crippen LogP contribution in [0.15, 0.2) is 48.5 Å². The van der Waals surface area contributed by atoms with Crippen LogP contribution in [0.1, 0.15) is 37.3 Å². The number of hydrogen-bond acceptors (Lipinski definition) is 5. The number of morpholine rings is 1. The Morgan fingerprint density at radius 2 is 1.70 bits per heavy atom. The molecule has 174 valence electrons. The second kappa shape index (κ2) is 9.23. The summed E-state index contributed by atoms with van der Waals surface area (Å²) in [7, 11) is 0. The van der Waals surface area contributed by atoms with Gasteiger partial charge in [-0.15, -0.1) is 0 Å².